The van der Waals surface area contributed by atoms with E-state index in [0.717, 1.165) is 18.7 Å². The molecule has 25 heavy (non-hydrogen) atoms. The van der Waals surface area contributed by atoms with Crippen LogP contribution in [0.3, 0.4) is 0 Å². The molecule has 0 bridgehead atoms. The van der Waals surface area contributed by atoms with E-state index in [-0.39, 0.29) is 0 Å². The van der Waals surface area contributed by atoms with Gasteiger partial charge in [-0.25, -0.2) is 8.42 Å². The zero-order valence-electron chi connectivity index (χ0n) is 15.2. The van der Waals surface area contributed by atoms with E-state index in [1.165, 1.54) is 24.0 Å². The van der Waals surface area contributed by atoms with Crippen LogP contribution in [0.15, 0.2) is 48.5 Å². The van der Waals surface area contributed by atoms with Crippen LogP contribution in [0.1, 0.15) is 44.7 Å². The molecule has 2 N–H and O–H groups in total. The number of nitrogens with one attached hydrogen (secondary N) is 2. The van der Waals surface area contributed by atoms with Crippen molar-refractivity contribution in [2.75, 3.05) is 10.0 Å². The lowest BCUT2D eigenvalue weighted by molar-refractivity contribution is 0.593. The summed E-state index contributed by atoms with van der Waals surface area (Å²) in [6.07, 6.45) is 3.58. The maximum Gasteiger partial charge on any atom is 0.235 e. The summed E-state index contributed by atoms with van der Waals surface area (Å²) in [6.45, 7) is 6.26. The molecule has 5 heteroatoms. The minimum atomic E-state index is -3.30. The zero-order valence-corrected chi connectivity index (χ0v) is 16.1. The van der Waals surface area contributed by atoms with Crippen molar-refractivity contribution in [2.24, 2.45) is 0 Å². The molecule has 0 atom stereocenters. The van der Waals surface area contributed by atoms with Gasteiger partial charge in [-0.05, 0) is 62.1 Å². The Kier molecular flexibility index (Phi) is 6.88. The largest absolute Gasteiger partial charge is 0.381 e. The minimum Gasteiger partial charge on any atom is -0.381 e. The molecule has 4 nitrogen and oxygen atoms in total. The Morgan fingerprint density at radius 2 is 1.44 bits per heavy atom. The Balaban J connectivity index is 1.89. The van der Waals surface area contributed by atoms with E-state index in [9.17, 15) is 8.42 Å². The molecule has 2 aromatic carbocycles. The maximum atomic E-state index is 11.9. The maximum absolute atomic E-state index is 11.9. The summed E-state index contributed by atoms with van der Waals surface area (Å²) in [6, 6.07) is 16.0. The first kappa shape index (κ1) is 19.3. The Bertz CT molecular complexity index is 751. The Hall–Kier alpha value is -2.01. The van der Waals surface area contributed by atoms with Gasteiger partial charge in [-0.1, -0.05) is 37.6 Å². The fourth-order valence-electron chi connectivity index (χ4n) is 2.35. The molecule has 0 saturated carbocycles. The second-order valence-corrected chi connectivity index (χ2v) is 8.78. The highest BCUT2D eigenvalue weighted by atomic mass is 32.2. The first-order valence-corrected chi connectivity index (χ1v) is 10.4. The van der Waals surface area contributed by atoms with E-state index >= 15 is 0 Å². The second-order valence-electron chi connectivity index (χ2n) is 6.55. The molecule has 2 rings (SSSR count). The van der Waals surface area contributed by atoms with Crippen molar-refractivity contribution < 1.29 is 8.42 Å². The smallest absolute Gasteiger partial charge is 0.235 e. The highest BCUT2D eigenvalue weighted by Crippen LogP contribution is 2.17. The van der Waals surface area contributed by atoms with Gasteiger partial charge in [-0.15, -0.1) is 0 Å². The van der Waals surface area contributed by atoms with Crippen LogP contribution in [0.2, 0.25) is 0 Å². The van der Waals surface area contributed by atoms with Crippen molar-refractivity contribution in [1.29, 1.82) is 0 Å². The molecule has 0 saturated heterocycles. The number of aryl methyl sites for hydroxylation is 1. The number of sulfonamides is 1. The lowest BCUT2D eigenvalue weighted by Gasteiger charge is -2.12. The van der Waals surface area contributed by atoms with Crippen molar-refractivity contribution in [1.82, 2.24) is 0 Å². The van der Waals surface area contributed by atoms with E-state index in [1.54, 1.807) is 26.0 Å². The summed E-state index contributed by atoms with van der Waals surface area (Å²) in [4.78, 5) is 0. The van der Waals surface area contributed by atoms with Crippen molar-refractivity contribution in [3.05, 3.63) is 59.7 Å². The van der Waals surface area contributed by atoms with Gasteiger partial charge in [0, 0.05) is 17.9 Å². The summed E-state index contributed by atoms with van der Waals surface area (Å²) in [5, 5.41) is 2.91. The van der Waals surface area contributed by atoms with Gasteiger partial charge in [-0.3, -0.25) is 4.72 Å². The number of anilines is 2. The number of benzene rings is 2. The van der Waals surface area contributed by atoms with Crippen molar-refractivity contribution in [3.8, 4) is 0 Å². The summed E-state index contributed by atoms with van der Waals surface area (Å²) in [5.74, 6) is 0. The summed E-state index contributed by atoms with van der Waals surface area (Å²) >= 11 is 0. The fraction of sp³-hybridized carbons (Fsp3) is 0.400. The third kappa shape index (κ3) is 6.09. The molecule has 0 spiro atoms. The molecule has 0 aromatic heterocycles. The standard InChI is InChI=1S/C20H28N2O2S/c1-4-5-6-17-7-9-18(10-8-17)15-21-19-11-13-20(14-12-19)22-25(23,24)16(2)3/h7-14,16,21-22H,4-6,15H2,1-3H3. The number of hydrogen-bond acceptors (Lipinski definition) is 3. The molecule has 0 radical (unpaired) electrons. The Morgan fingerprint density at radius 3 is 2.00 bits per heavy atom. The van der Waals surface area contributed by atoms with Gasteiger partial charge >= 0.3 is 0 Å². The summed E-state index contributed by atoms with van der Waals surface area (Å²) in [5.41, 5.74) is 4.15. The van der Waals surface area contributed by atoms with Crippen LogP contribution in [0.25, 0.3) is 0 Å². The molecule has 0 aliphatic heterocycles. The van der Waals surface area contributed by atoms with Gasteiger partial charge in [0.2, 0.25) is 10.0 Å². The number of unbranched alkanes of at least 4 members (excludes halogenated alkanes) is 1. The average molecular weight is 361 g/mol. The zero-order chi connectivity index (χ0) is 18.3. The van der Waals surface area contributed by atoms with Crippen LogP contribution >= 0.6 is 0 Å². The third-order valence-electron chi connectivity index (χ3n) is 4.10. The molecular weight excluding hydrogens is 332 g/mol. The third-order valence-corrected chi connectivity index (χ3v) is 5.87. The highest BCUT2D eigenvalue weighted by molar-refractivity contribution is 7.93. The monoisotopic (exact) mass is 360 g/mol. The van der Waals surface area contributed by atoms with Crippen LogP contribution < -0.4 is 10.0 Å². The molecule has 0 aliphatic rings. The molecular formula is C20H28N2O2S. The second kappa shape index (κ2) is 8.90. The Labute approximate surface area is 151 Å². The average Bonchev–Trinajstić information content (AvgIpc) is 2.60. The van der Waals surface area contributed by atoms with Crippen LogP contribution in [0.4, 0.5) is 11.4 Å². The number of hydrogen-bond donors (Lipinski definition) is 2. The predicted octanol–water partition coefficient (Wildman–Crippen LogP) is 4.79. The highest BCUT2D eigenvalue weighted by Gasteiger charge is 2.15. The quantitative estimate of drug-likeness (QED) is 0.676. The van der Waals surface area contributed by atoms with Gasteiger partial charge in [0.15, 0.2) is 0 Å². The van der Waals surface area contributed by atoms with Crippen LogP contribution in [0.5, 0.6) is 0 Å². The van der Waals surface area contributed by atoms with Crippen molar-refractivity contribution >= 4 is 21.4 Å². The predicted molar refractivity (Wildman–Crippen MR) is 107 cm³/mol. The van der Waals surface area contributed by atoms with E-state index in [2.05, 4.69) is 41.2 Å². The van der Waals surface area contributed by atoms with E-state index in [4.69, 9.17) is 0 Å². The first-order valence-electron chi connectivity index (χ1n) is 8.84. The molecule has 136 valence electrons. The van der Waals surface area contributed by atoms with Gasteiger partial charge in [0.25, 0.3) is 0 Å². The van der Waals surface area contributed by atoms with Crippen LogP contribution in [0, 0.1) is 0 Å². The van der Waals surface area contributed by atoms with Gasteiger partial charge in [-0.2, -0.15) is 0 Å². The number of rotatable bonds is 9. The van der Waals surface area contributed by atoms with Crippen molar-refractivity contribution in [2.45, 2.75) is 51.8 Å². The molecule has 0 fully saturated rings. The first-order chi connectivity index (χ1) is 11.9. The molecule has 0 heterocycles. The summed E-state index contributed by atoms with van der Waals surface area (Å²) in [7, 11) is -3.30. The Morgan fingerprint density at radius 1 is 0.880 bits per heavy atom. The van der Waals surface area contributed by atoms with Crippen LogP contribution in [-0.2, 0) is 23.0 Å². The van der Waals surface area contributed by atoms with E-state index < -0.39 is 15.3 Å². The van der Waals surface area contributed by atoms with E-state index in [0.29, 0.717) is 5.69 Å². The normalized spacial score (nSPS) is 11.5. The lowest BCUT2D eigenvalue weighted by atomic mass is 10.1. The molecule has 0 amide bonds. The van der Waals surface area contributed by atoms with Gasteiger partial charge in [0.05, 0.1) is 5.25 Å². The fourth-order valence-corrected chi connectivity index (χ4v) is 3.05. The van der Waals surface area contributed by atoms with Crippen LogP contribution in [-0.4, -0.2) is 13.7 Å². The van der Waals surface area contributed by atoms with Crippen molar-refractivity contribution in [3.63, 3.8) is 0 Å². The summed E-state index contributed by atoms with van der Waals surface area (Å²) < 4.78 is 26.3. The van der Waals surface area contributed by atoms with Gasteiger partial charge in [0.1, 0.15) is 0 Å². The molecule has 0 aliphatic carbocycles. The SMILES string of the molecule is CCCCc1ccc(CNc2ccc(NS(=O)(=O)C(C)C)cc2)cc1. The molecule has 0 unspecified atom stereocenters. The lowest BCUT2D eigenvalue weighted by Crippen LogP contribution is -2.22. The topological polar surface area (TPSA) is 58.2 Å². The van der Waals surface area contributed by atoms with Gasteiger partial charge < -0.3 is 5.32 Å². The van der Waals surface area contributed by atoms with E-state index in [1.807, 2.05) is 12.1 Å². The molecule has 2 aromatic rings. The minimum absolute atomic E-state index is 0.453.